The number of rotatable bonds is 6. The second-order valence-corrected chi connectivity index (χ2v) is 10.3. The zero-order chi connectivity index (χ0) is 22.7. The first-order chi connectivity index (χ1) is 15.4. The Labute approximate surface area is 190 Å². The summed E-state index contributed by atoms with van der Waals surface area (Å²) < 4.78 is 28.2. The highest BCUT2D eigenvalue weighted by Crippen LogP contribution is 2.28. The van der Waals surface area contributed by atoms with Crippen molar-refractivity contribution in [2.24, 2.45) is 5.92 Å². The van der Waals surface area contributed by atoms with Crippen molar-refractivity contribution >= 4 is 32.4 Å². The van der Waals surface area contributed by atoms with Crippen LogP contribution in [0.25, 0.3) is 10.8 Å². The van der Waals surface area contributed by atoms with Gasteiger partial charge in [-0.1, -0.05) is 62.4 Å². The Kier molecular flexibility index (Phi) is 6.63. The van der Waals surface area contributed by atoms with Crippen LogP contribution in [0.2, 0.25) is 0 Å². The molecule has 3 aromatic rings. The Morgan fingerprint density at radius 1 is 0.969 bits per heavy atom. The van der Waals surface area contributed by atoms with Gasteiger partial charge in [0.25, 0.3) is 0 Å². The van der Waals surface area contributed by atoms with E-state index in [-0.39, 0.29) is 23.3 Å². The molecule has 0 aromatic heterocycles. The zero-order valence-corrected chi connectivity index (χ0v) is 19.5. The molecule has 0 saturated carbocycles. The van der Waals surface area contributed by atoms with Crippen molar-refractivity contribution in [1.29, 1.82) is 0 Å². The number of para-hydroxylation sites is 1. The van der Waals surface area contributed by atoms with Crippen LogP contribution in [0.1, 0.15) is 37.8 Å². The van der Waals surface area contributed by atoms with E-state index in [9.17, 15) is 13.2 Å². The average molecular weight is 451 g/mol. The van der Waals surface area contributed by atoms with Crippen LogP contribution in [-0.4, -0.2) is 31.7 Å². The van der Waals surface area contributed by atoms with E-state index in [1.807, 2.05) is 48.5 Å². The number of fused-ring (bicyclic) bond motifs is 1. The summed E-state index contributed by atoms with van der Waals surface area (Å²) in [5, 5.41) is 5.02. The normalized spacial score (nSPS) is 17.4. The molecule has 1 heterocycles. The summed E-state index contributed by atoms with van der Waals surface area (Å²) in [6.07, 6.45) is 3.01. The summed E-state index contributed by atoms with van der Waals surface area (Å²) >= 11 is 0. The third-order valence-electron chi connectivity index (χ3n) is 6.36. The molecular weight excluding hydrogens is 420 g/mol. The number of hydrogen-bond donors (Lipinski definition) is 1. The molecular formula is C26H30N2O3S. The minimum absolute atomic E-state index is 0.0981. The molecule has 0 radical (unpaired) electrons. The number of nitrogens with one attached hydrogen (secondary N) is 1. The molecule has 0 spiro atoms. The van der Waals surface area contributed by atoms with Gasteiger partial charge in [0.2, 0.25) is 15.9 Å². The van der Waals surface area contributed by atoms with Gasteiger partial charge in [0.15, 0.2) is 0 Å². The number of aryl methyl sites for hydroxylation is 2. The van der Waals surface area contributed by atoms with Crippen molar-refractivity contribution in [2.75, 3.05) is 18.4 Å². The van der Waals surface area contributed by atoms with Gasteiger partial charge in [0, 0.05) is 18.8 Å². The van der Waals surface area contributed by atoms with Gasteiger partial charge in [-0.25, -0.2) is 8.42 Å². The Morgan fingerprint density at radius 3 is 2.34 bits per heavy atom. The maximum Gasteiger partial charge on any atom is 0.243 e. The highest BCUT2D eigenvalue weighted by Gasteiger charge is 2.33. The van der Waals surface area contributed by atoms with Gasteiger partial charge in [-0.15, -0.1) is 0 Å². The number of carbonyl (C=O) groups excluding carboxylic acids is 1. The lowest BCUT2D eigenvalue weighted by molar-refractivity contribution is -0.120. The molecule has 1 fully saturated rings. The third-order valence-corrected chi connectivity index (χ3v) is 8.22. The highest BCUT2D eigenvalue weighted by atomic mass is 32.2. The monoisotopic (exact) mass is 450 g/mol. The first-order valence-corrected chi connectivity index (χ1v) is 12.8. The van der Waals surface area contributed by atoms with Gasteiger partial charge >= 0.3 is 0 Å². The Bertz CT molecular complexity index is 1210. The number of piperidine rings is 1. The molecule has 5 nitrogen and oxygen atoms in total. The number of sulfonamides is 1. The van der Waals surface area contributed by atoms with E-state index in [4.69, 9.17) is 0 Å². The maximum atomic E-state index is 13.4. The van der Waals surface area contributed by atoms with Gasteiger partial charge in [0.1, 0.15) is 0 Å². The maximum absolute atomic E-state index is 13.4. The van der Waals surface area contributed by atoms with E-state index in [1.165, 1.54) is 4.31 Å². The van der Waals surface area contributed by atoms with Crippen molar-refractivity contribution in [3.05, 3.63) is 71.8 Å². The molecule has 1 N–H and O–H groups in total. The lowest BCUT2D eigenvalue weighted by Crippen LogP contribution is -2.43. The molecule has 1 saturated heterocycles. The lowest BCUT2D eigenvalue weighted by atomic mass is 9.97. The van der Waals surface area contributed by atoms with Crippen LogP contribution >= 0.6 is 0 Å². The van der Waals surface area contributed by atoms with Crippen LogP contribution in [0.15, 0.2) is 65.6 Å². The van der Waals surface area contributed by atoms with Gasteiger partial charge in [-0.2, -0.15) is 4.31 Å². The van der Waals surface area contributed by atoms with E-state index >= 15 is 0 Å². The minimum atomic E-state index is -3.67. The Hall–Kier alpha value is -2.70. The number of anilines is 1. The summed E-state index contributed by atoms with van der Waals surface area (Å²) in [6, 6.07) is 19.0. The number of amides is 1. The summed E-state index contributed by atoms with van der Waals surface area (Å²) in [6.45, 7) is 4.78. The SMILES string of the molecule is CCc1cccc(CC)c1NC(=O)[C@@H]1CCCN(S(=O)(=O)c2ccc3ccccc3c2)C1. The van der Waals surface area contributed by atoms with Crippen LogP contribution in [-0.2, 0) is 27.7 Å². The molecule has 1 aliphatic rings. The van der Waals surface area contributed by atoms with Crippen molar-refractivity contribution < 1.29 is 13.2 Å². The largest absolute Gasteiger partial charge is 0.325 e. The Balaban J connectivity index is 1.54. The number of carbonyl (C=O) groups is 1. The topological polar surface area (TPSA) is 66.5 Å². The Morgan fingerprint density at radius 2 is 1.66 bits per heavy atom. The quantitative estimate of drug-likeness (QED) is 0.574. The first-order valence-electron chi connectivity index (χ1n) is 11.3. The second kappa shape index (κ2) is 9.43. The molecule has 0 unspecified atom stereocenters. The second-order valence-electron chi connectivity index (χ2n) is 8.36. The molecule has 1 atom stereocenters. The molecule has 3 aromatic carbocycles. The van der Waals surface area contributed by atoms with Crippen molar-refractivity contribution in [2.45, 2.75) is 44.4 Å². The van der Waals surface area contributed by atoms with Crippen LogP contribution in [0, 0.1) is 5.92 Å². The van der Waals surface area contributed by atoms with Crippen LogP contribution in [0.5, 0.6) is 0 Å². The summed E-state index contributed by atoms with van der Waals surface area (Å²) in [5.74, 6) is -0.465. The van der Waals surface area contributed by atoms with E-state index in [2.05, 4.69) is 19.2 Å². The van der Waals surface area contributed by atoms with Crippen molar-refractivity contribution in [1.82, 2.24) is 4.31 Å². The average Bonchev–Trinajstić information content (AvgIpc) is 2.83. The van der Waals surface area contributed by atoms with Gasteiger partial charge < -0.3 is 5.32 Å². The number of nitrogens with zero attached hydrogens (tertiary/aromatic N) is 1. The molecule has 4 rings (SSSR count). The summed E-state index contributed by atoms with van der Waals surface area (Å²) in [5.41, 5.74) is 3.10. The van der Waals surface area contributed by atoms with Gasteiger partial charge in [-0.05, 0) is 59.7 Å². The molecule has 1 amide bonds. The third kappa shape index (κ3) is 4.43. The fourth-order valence-electron chi connectivity index (χ4n) is 4.48. The fraction of sp³-hybridized carbons (Fsp3) is 0.346. The summed E-state index contributed by atoms with van der Waals surface area (Å²) in [4.78, 5) is 13.4. The molecule has 1 aliphatic heterocycles. The van der Waals surface area contributed by atoms with Crippen LogP contribution in [0.3, 0.4) is 0 Å². The molecule has 6 heteroatoms. The predicted octanol–water partition coefficient (Wildman–Crippen LogP) is 5.00. The van der Waals surface area contributed by atoms with E-state index in [1.54, 1.807) is 12.1 Å². The van der Waals surface area contributed by atoms with Crippen molar-refractivity contribution in [3.8, 4) is 0 Å². The number of benzene rings is 3. The van der Waals surface area contributed by atoms with Gasteiger partial charge in [-0.3, -0.25) is 4.79 Å². The lowest BCUT2D eigenvalue weighted by Gasteiger charge is -2.31. The van der Waals surface area contributed by atoms with Crippen LogP contribution in [0.4, 0.5) is 5.69 Å². The highest BCUT2D eigenvalue weighted by molar-refractivity contribution is 7.89. The molecule has 0 aliphatic carbocycles. The number of hydrogen-bond acceptors (Lipinski definition) is 3. The van der Waals surface area contributed by atoms with Gasteiger partial charge in [0.05, 0.1) is 10.8 Å². The first kappa shape index (κ1) is 22.5. The smallest absolute Gasteiger partial charge is 0.243 e. The fourth-order valence-corrected chi connectivity index (χ4v) is 6.04. The summed E-state index contributed by atoms with van der Waals surface area (Å²) in [7, 11) is -3.67. The standard InChI is InChI=1S/C26H30N2O3S/c1-3-19-11-7-12-20(4-2)25(19)27-26(29)23-13-8-16-28(18-23)32(30,31)24-15-14-21-9-5-6-10-22(21)17-24/h5-7,9-12,14-15,17,23H,3-4,8,13,16,18H2,1-2H3,(H,27,29)/t23-/m1/s1. The van der Waals surface area contributed by atoms with E-state index < -0.39 is 10.0 Å². The molecule has 0 bridgehead atoms. The van der Waals surface area contributed by atoms with E-state index in [0.29, 0.717) is 19.4 Å². The van der Waals surface area contributed by atoms with Crippen molar-refractivity contribution in [3.63, 3.8) is 0 Å². The minimum Gasteiger partial charge on any atom is -0.325 e. The van der Waals surface area contributed by atoms with E-state index in [0.717, 1.165) is 40.4 Å². The zero-order valence-electron chi connectivity index (χ0n) is 18.7. The molecule has 32 heavy (non-hydrogen) atoms. The van der Waals surface area contributed by atoms with Crippen LogP contribution < -0.4 is 5.32 Å². The predicted molar refractivity (Wildman–Crippen MR) is 129 cm³/mol. The molecule has 168 valence electrons.